The molecule has 7 rings (SSSR count). The highest BCUT2D eigenvalue weighted by atomic mass is 19.1. The van der Waals surface area contributed by atoms with E-state index in [1.807, 2.05) is 6.07 Å². The van der Waals surface area contributed by atoms with Gasteiger partial charge in [-0.2, -0.15) is 0 Å². The molecule has 0 saturated heterocycles. The highest BCUT2D eigenvalue weighted by molar-refractivity contribution is 6.09. The third-order valence-corrected chi connectivity index (χ3v) is 8.35. The molecule has 2 atom stereocenters. The zero-order valence-electron chi connectivity index (χ0n) is 18.3. The van der Waals surface area contributed by atoms with Gasteiger partial charge in [-0.15, -0.1) is 0 Å². The summed E-state index contributed by atoms with van der Waals surface area (Å²) < 4.78 is 15.4. The van der Waals surface area contributed by atoms with Crippen LogP contribution in [0.15, 0.2) is 30.3 Å². The zero-order chi connectivity index (χ0) is 22.2. The van der Waals surface area contributed by atoms with Crippen LogP contribution in [0, 0.1) is 23.6 Å². The van der Waals surface area contributed by atoms with Crippen molar-refractivity contribution in [1.82, 2.24) is 9.88 Å². The lowest BCUT2D eigenvalue weighted by atomic mass is 9.52. The molecule has 5 aliphatic rings. The van der Waals surface area contributed by atoms with E-state index in [-0.39, 0.29) is 23.3 Å². The topological polar surface area (TPSA) is 71.3 Å². The van der Waals surface area contributed by atoms with Crippen molar-refractivity contribution in [1.29, 1.82) is 0 Å². The molecule has 2 N–H and O–H groups in total. The van der Waals surface area contributed by atoms with Crippen molar-refractivity contribution in [3.05, 3.63) is 58.7 Å². The average Bonchev–Trinajstić information content (AvgIpc) is 3.51. The summed E-state index contributed by atoms with van der Waals surface area (Å²) in [5.74, 6) is 0.686. The molecule has 168 valence electrons. The van der Waals surface area contributed by atoms with E-state index in [0.717, 1.165) is 50.5 Å². The Balaban J connectivity index is 1.30. The van der Waals surface area contributed by atoms with Crippen molar-refractivity contribution in [3.63, 3.8) is 0 Å². The highest BCUT2D eigenvalue weighted by Gasteiger charge is 2.55. The molecule has 1 aromatic heterocycles. The molecule has 5 saturated carbocycles. The third kappa shape index (κ3) is 3.22. The van der Waals surface area contributed by atoms with Gasteiger partial charge in [0.05, 0.1) is 11.3 Å². The molecule has 1 aromatic carbocycles. The Hall–Kier alpha value is -2.47. The summed E-state index contributed by atoms with van der Waals surface area (Å²) in [5, 5.41) is 14.2. The number of rotatable bonds is 5. The fourth-order valence-electron chi connectivity index (χ4n) is 7.05. The molecule has 5 fully saturated rings. The van der Waals surface area contributed by atoms with Crippen molar-refractivity contribution in [3.8, 4) is 0 Å². The summed E-state index contributed by atoms with van der Waals surface area (Å²) in [6.45, 7) is 0. The van der Waals surface area contributed by atoms with Gasteiger partial charge in [0.2, 0.25) is 5.78 Å². The van der Waals surface area contributed by atoms with E-state index in [4.69, 9.17) is 0 Å². The summed E-state index contributed by atoms with van der Waals surface area (Å²) in [7, 11) is 1.76. The van der Waals surface area contributed by atoms with Crippen LogP contribution >= 0.6 is 0 Å². The number of carbonyl (C=O) groups is 2. The molecule has 5 aliphatic carbocycles. The van der Waals surface area contributed by atoms with Crippen LogP contribution in [0.25, 0.3) is 0 Å². The van der Waals surface area contributed by atoms with Crippen LogP contribution in [0.2, 0.25) is 0 Å². The zero-order valence-corrected chi connectivity index (χ0v) is 18.3. The minimum atomic E-state index is -0.535. The summed E-state index contributed by atoms with van der Waals surface area (Å²) in [6.07, 6.45) is 6.65. The van der Waals surface area contributed by atoms with Crippen LogP contribution in [0.4, 0.5) is 4.39 Å². The predicted molar refractivity (Wildman–Crippen MR) is 117 cm³/mol. The largest absolute Gasteiger partial charge is 0.390 e. The maximum atomic E-state index is 13.7. The summed E-state index contributed by atoms with van der Waals surface area (Å²) in [4.78, 5) is 26.7. The maximum Gasteiger partial charge on any atom is 0.268 e. The number of carbonyl (C=O) groups excluding carboxylic acids is 2. The van der Waals surface area contributed by atoms with Crippen LogP contribution in [0.1, 0.15) is 83.0 Å². The summed E-state index contributed by atoms with van der Waals surface area (Å²) in [5.41, 5.74) is 1.65. The number of halogens is 1. The highest BCUT2D eigenvalue weighted by Crippen LogP contribution is 2.55. The Labute approximate surface area is 187 Å². The number of ketones is 1. The maximum absolute atomic E-state index is 13.7. The molecule has 2 unspecified atom stereocenters. The molecule has 5 nitrogen and oxygen atoms in total. The van der Waals surface area contributed by atoms with E-state index >= 15 is 0 Å². The van der Waals surface area contributed by atoms with Crippen molar-refractivity contribution >= 4 is 11.7 Å². The number of nitrogens with zero attached hydrogens (tertiary/aromatic N) is 1. The predicted octanol–water partition coefficient (Wildman–Crippen LogP) is 3.94. The Morgan fingerprint density at radius 2 is 1.84 bits per heavy atom. The average molecular weight is 437 g/mol. The molecule has 0 spiro atoms. The van der Waals surface area contributed by atoms with Gasteiger partial charge in [0, 0.05) is 18.7 Å². The standard InChI is InChI=1S/C26H29FN2O3/c1-29-21(24(30)16-3-2-4-19(27)9-16)10-20(15-5-6-15)23(29)25(31)28-22-17-7-14-8-18(22)13-26(32,11-14)12-17/h2-4,9-10,14-15,17-18,22,32H,5-8,11-13H2,1H3,(H,28,31). The third-order valence-electron chi connectivity index (χ3n) is 8.35. The monoisotopic (exact) mass is 436 g/mol. The molecular weight excluding hydrogens is 407 g/mol. The molecule has 1 amide bonds. The quantitative estimate of drug-likeness (QED) is 0.698. The Kier molecular flexibility index (Phi) is 4.42. The number of amides is 1. The Morgan fingerprint density at radius 3 is 2.47 bits per heavy atom. The van der Waals surface area contributed by atoms with Gasteiger partial charge in [-0.1, -0.05) is 12.1 Å². The SMILES string of the molecule is Cn1c(C(=O)c2cccc(F)c2)cc(C2CC2)c1C(=O)NC1C2CC3CC1CC(O)(C3)C2. The number of aromatic nitrogens is 1. The van der Waals surface area contributed by atoms with Gasteiger partial charge < -0.3 is 15.0 Å². The van der Waals surface area contributed by atoms with E-state index in [1.165, 1.54) is 18.2 Å². The van der Waals surface area contributed by atoms with E-state index in [2.05, 4.69) is 5.32 Å². The number of hydrogen-bond donors (Lipinski definition) is 2. The Bertz CT molecular complexity index is 1100. The normalized spacial score (nSPS) is 32.8. The lowest BCUT2D eigenvalue weighted by Crippen LogP contribution is -2.61. The van der Waals surface area contributed by atoms with E-state index in [0.29, 0.717) is 35.1 Å². The molecular formula is C26H29FN2O3. The first-order chi connectivity index (χ1) is 15.3. The number of aliphatic hydroxyl groups is 1. The minimum Gasteiger partial charge on any atom is -0.390 e. The van der Waals surface area contributed by atoms with Crippen molar-refractivity contribution < 1.29 is 19.1 Å². The van der Waals surface area contributed by atoms with Gasteiger partial charge in [0.25, 0.3) is 5.91 Å². The fourth-order valence-corrected chi connectivity index (χ4v) is 7.05. The summed E-state index contributed by atoms with van der Waals surface area (Å²) >= 11 is 0. The lowest BCUT2D eigenvalue weighted by Gasteiger charge is -2.58. The van der Waals surface area contributed by atoms with Crippen LogP contribution in [-0.4, -0.2) is 33.0 Å². The van der Waals surface area contributed by atoms with E-state index in [9.17, 15) is 19.1 Å². The number of nitrogens with one attached hydrogen (secondary N) is 1. The van der Waals surface area contributed by atoms with Crippen LogP contribution in [0.3, 0.4) is 0 Å². The first-order valence-corrected chi connectivity index (χ1v) is 11.8. The first-order valence-electron chi connectivity index (χ1n) is 11.8. The smallest absolute Gasteiger partial charge is 0.268 e. The number of hydrogen-bond acceptors (Lipinski definition) is 3. The Morgan fingerprint density at radius 1 is 1.12 bits per heavy atom. The van der Waals surface area contributed by atoms with Crippen molar-refractivity contribution in [2.45, 2.75) is 62.5 Å². The molecule has 4 bridgehead atoms. The van der Waals surface area contributed by atoms with Crippen LogP contribution in [-0.2, 0) is 7.05 Å². The summed E-state index contributed by atoms with van der Waals surface area (Å²) in [6, 6.07) is 7.61. The molecule has 1 heterocycles. The van der Waals surface area contributed by atoms with Gasteiger partial charge in [-0.05, 0) is 92.4 Å². The molecule has 6 heteroatoms. The van der Waals surface area contributed by atoms with E-state index in [1.54, 1.807) is 17.7 Å². The molecule has 32 heavy (non-hydrogen) atoms. The lowest BCUT2D eigenvalue weighted by molar-refractivity contribution is -0.137. The number of benzene rings is 1. The van der Waals surface area contributed by atoms with Gasteiger partial charge in [0.1, 0.15) is 11.5 Å². The minimum absolute atomic E-state index is 0.0867. The first kappa shape index (κ1) is 20.2. The van der Waals surface area contributed by atoms with Crippen LogP contribution in [0.5, 0.6) is 0 Å². The van der Waals surface area contributed by atoms with Crippen molar-refractivity contribution in [2.75, 3.05) is 0 Å². The fraction of sp³-hybridized carbons (Fsp3) is 0.538. The van der Waals surface area contributed by atoms with Gasteiger partial charge in [0.15, 0.2) is 0 Å². The molecule has 0 radical (unpaired) electrons. The molecule has 0 aliphatic heterocycles. The van der Waals surface area contributed by atoms with Crippen molar-refractivity contribution in [2.24, 2.45) is 24.8 Å². The van der Waals surface area contributed by atoms with Gasteiger partial charge in [-0.3, -0.25) is 9.59 Å². The van der Waals surface area contributed by atoms with Crippen LogP contribution < -0.4 is 5.32 Å². The second-order valence-electron chi connectivity index (χ2n) is 10.7. The second-order valence-corrected chi connectivity index (χ2v) is 10.7. The molecule has 2 aromatic rings. The second kappa shape index (κ2) is 7.01. The van der Waals surface area contributed by atoms with Gasteiger partial charge >= 0.3 is 0 Å². The van der Waals surface area contributed by atoms with E-state index < -0.39 is 11.4 Å². The van der Waals surface area contributed by atoms with Gasteiger partial charge in [-0.25, -0.2) is 4.39 Å².